The fourth-order valence-corrected chi connectivity index (χ4v) is 4.04. The first kappa shape index (κ1) is 25.1. The van der Waals surface area contributed by atoms with E-state index in [9.17, 15) is 4.79 Å². The van der Waals surface area contributed by atoms with Gasteiger partial charge in [-0.1, -0.05) is 45.7 Å². The van der Waals surface area contributed by atoms with Crippen LogP contribution in [0.4, 0.5) is 0 Å². The molecule has 0 radical (unpaired) electrons. The number of methoxy groups -OCH3 is 1. The van der Waals surface area contributed by atoms with Crippen LogP contribution in [0.2, 0.25) is 5.02 Å². The van der Waals surface area contributed by atoms with Gasteiger partial charge in [-0.25, -0.2) is 5.43 Å². The maximum absolute atomic E-state index is 12.5. The Balaban J connectivity index is 1.76. The average molecular weight is 597 g/mol. The fourth-order valence-electron chi connectivity index (χ4n) is 2.91. The maximum atomic E-state index is 12.5. The number of nitrogens with one attached hydrogen (secondary N) is 1. The molecule has 0 aliphatic carbocycles. The molecular formula is C24H21Br2ClN2O4. The van der Waals surface area contributed by atoms with E-state index in [0.29, 0.717) is 44.5 Å². The minimum absolute atomic E-state index is 0.288. The van der Waals surface area contributed by atoms with Crippen molar-refractivity contribution in [2.45, 2.75) is 13.5 Å². The number of nitrogens with zero attached hydrogens (tertiary/aromatic N) is 1. The molecule has 0 saturated heterocycles. The van der Waals surface area contributed by atoms with Crippen LogP contribution >= 0.6 is 43.5 Å². The SMILES string of the molecule is CCOc1cc(/C=N\NC(=O)c2cc(Br)ccc2OC)cc(Br)c1OCc1ccccc1Cl. The highest BCUT2D eigenvalue weighted by Crippen LogP contribution is 2.37. The summed E-state index contributed by atoms with van der Waals surface area (Å²) in [6.07, 6.45) is 1.52. The normalized spacial score (nSPS) is 10.8. The molecule has 1 N–H and O–H groups in total. The number of halogens is 3. The largest absolute Gasteiger partial charge is 0.496 e. The summed E-state index contributed by atoms with van der Waals surface area (Å²) in [4.78, 5) is 12.5. The number of hydrogen-bond acceptors (Lipinski definition) is 5. The lowest BCUT2D eigenvalue weighted by atomic mass is 10.2. The summed E-state index contributed by atoms with van der Waals surface area (Å²) in [6, 6.07) is 16.3. The minimum Gasteiger partial charge on any atom is -0.496 e. The van der Waals surface area contributed by atoms with Crippen molar-refractivity contribution < 1.29 is 19.0 Å². The van der Waals surface area contributed by atoms with E-state index in [2.05, 4.69) is 42.4 Å². The van der Waals surface area contributed by atoms with Crippen LogP contribution in [-0.2, 0) is 6.61 Å². The van der Waals surface area contributed by atoms with Gasteiger partial charge in [-0.05, 0) is 64.8 Å². The summed E-state index contributed by atoms with van der Waals surface area (Å²) < 4.78 is 18.4. The molecule has 6 nitrogen and oxygen atoms in total. The Morgan fingerprint density at radius 3 is 2.61 bits per heavy atom. The van der Waals surface area contributed by atoms with Crippen LogP contribution in [0.15, 0.2) is 68.6 Å². The van der Waals surface area contributed by atoms with Gasteiger partial charge >= 0.3 is 0 Å². The van der Waals surface area contributed by atoms with Crippen LogP contribution in [0, 0.1) is 0 Å². The van der Waals surface area contributed by atoms with Crippen molar-refractivity contribution in [3.63, 3.8) is 0 Å². The first-order valence-electron chi connectivity index (χ1n) is 9.92. The van der Waals surface area contributed by atoms with Gasteiger partial charge < -0.3 is 14.2 Å². The monoisotopic (exact) mass is 594 g/mol. The summed E-state index contributed by atoms with van der Waals surface area (Å²) in [7, 11) is 1.51. The zero-order valence-corrected chi connectivity index (χ0v) is 21.8. The molecule has 0 bridgehead atoms. The smallest absolute Gasteiger partial charge is 0.275 e. The molecule has 0 heterocycles. The van der Waals surface area contributed by atoms with E-state index in [0.717, 1.165) is 10.0 Å². The number of rotatable bonds is 9. The molecule has 0 aliphatic heterocycles. The van der Waals surface area contributed by atoms with Crippen LogP contribution in [-0.4, -0.2) is 25.8 Å². The van der Waals surface area contributed by atoms with Crippen LogP contribution in [0.1, 0.15) is 28.4 Å². The summed E-state index contributed by atoms with van der Waals surface area (Å²) in [5, 5.41) is 4.70. The Kier molecular flexibility index (Phi) is 9.17. The molecule has 3 rings (SSSR count). The van der Waals surface area contributed by atoms with Crippen LogP contribution < -0.4 is 19.6 Å². The van der Waals surface area contributed by atoms with Gasteiger partial charge in [0.15, 0.2) is 11.5 Å². The lowest BCUT2D eigenvalue weighted by Gasteiger charge is -2.15. The third-order valence-corrected chi connectivity index (χ3v) is 5.90. The van der Waals surface area contributed by atoms with Crippen LogP contribution in [0.3, 0.4) is 0 Å². The number of amides is 1. The summed E-state index contributed by atoms with van der Waals surface area (Å²) >= 11 is 13.1. The van der Waals surface area contributed by atoms with Gasteiger partial charge in [0.2, 0.25) is 0 Å². The third-order valence-electron chi connectivity index (χ3n) is 4.45. The summed E-state index contributed by atoms with van der Waals surface area (Å²) in [5.74, 6) is 1.15. The molecule has 0 aliphatic rings. The minimum atomic E-state index is -0.395. The van der Waals surface area contributed by atoms with E-state index in [1.807, 2.05) is 37.3 Å². The average Bonchev–Trinajstić information content (AvgIpc) is 2.79. The maximum Gasteiger partial charge on any atom is 0.275 e. The quantitative estimate of drug-likeness (QED) is 0.223. The molecular weight excluding hydrogens is 576 g/mol. The number of carbonyl (C=O) groups excluding carboxylic acids is 1. The molecule has 0 aromatic heterocycles. The second-order valence-electron chi connectivity index (χ2n) is 6.69. The van der Waals surface area contributed by atoms with Gasteiger partial charge in [-0.15, -0.1) is 0 Å². The Morgan fingerprint density at radius 1 is 1.09 bits per heavy atom. The van der Waals surface area contributed by atoms with Crippen LogP contribution in [0.5, 0.6) is 17.2 Å². The van der Waals surface area contributed by atoms with E-state index < -0.39 is 5.91 Å². The van der Waals surface area contributed by atoms with Gasteiger partial charge in [-0.3, -0.25) is 4.79 Å². The van der Waals surface area contributed by atoms with Gasteiger partial charge in [0.1, 0.15) is 12.4 Å². The van der Waals surface area contributed by atoms with Crippen molar-refractivity contribution in [1.29, 1.82) is 0 Å². The molecule has 1 amide bonds. The van der Waals surface area contributed by atoms with Crippen molar-refractivity contribution in [2.24, 2.45) is 5.10 Å². The number of hydrogen-bond donors (Lipinski definition) is 1. The van der Waals surface area contributed by atoms with Gasteiger partial charge in [0.05, 0.1) is 30.0 Å². The molecule has 0 atom stereocenters. The predicted octanol–water partition coefficient (Wildman–Crippen LogP) is 6.62. The van der Waals surface area contributed by atoms with Crippen LogP contribution in [0.25, 0.3) is 0 Å². The zero-order valence-electron chi connectivity index (χ0n) is 17.9. The third kappa shape index (κ3) is 6.72. The number of hydrazone groups is 1. The van der Waals surface area contributed by atoms with Crippen molar-refractivity contribution in [3.8, 4) is 17.2 Å². The standard InChI is InChI=1S/C24H21Br2ClN2O4/c1-3-32-22-11-15(10-19(26)23(22)33-14-16-6-4-5-7-20(16)27)13-28-29-24(30)18-12-17(25)8-9-21(18)31-2/h4-13H,3,14H2,1-2H3,(H,29,30)/b28-13-. The Hall–Kier alpha value is -2.55. The Labute approximate surface area is 214 Å². The Bertz CT molecular complexity index is 1170. The topological polar surface area (TPSA) is 69.2 Å². The first-order chi connectivity index (χ1) is 15.9. The summed E-state index contributed by atoms with van der Waals surface area (Å²) in [6.45, 7) is 2.63. The molecule has 172 valence electrons. The predicted molar refractivity (Wildman–Crippen MR) is 137 cm³/mol. The van der Waals surface area contributed by atoms with E-state index in [1.165, 1.54) is 13.3 Å². The molecule has 0 fully saturated rings. The number of benzene rings is 3. The second-order valence-corrected chi connectivity index (χ2v) is 8.86. The Morgan fingerprint density at radius 2 is 1.88 bits per heavy atom. The van der Waals surface area contributed by atoms with Gasteiger partial charge in [0, 0.05) is 15.1 Å². The van der Waals surface area contributed by atoms with Gasteiger partial charge in [-0.2, -0.15) is 5.10 Å². The van der Waals surface area contributed by atoms with Crippen molar-refractivity contribution in [2.75, 3.05) is 13.7 Å². The number of ether oxygens (including phenoxy) is 3. The molecule has 0 unspecified atom stereocenters. The molecule has 3 aromatic rings. The molecule has 0 saturated carbocycles. The first-order valence-corrected chi connectivity index (χ1v) is 11.9. The number of carbonyl (C=O) groups is 1. The highest BCUT2D eigenvalue weighted by atomic mass is 79.9. The van der Waals surface area contributed by atoms with Crippen molar-refractivity contribution in [3.05, 3.63) is 85.3 Å². The second kappa shape index (κ2) is 12.1. The lowest BCUT2D eigenvalue weighted by molar-refractivity contribution is 0.0952. The van der Waals surface area contributed by atoms with Gasteiger partial charge in [0.25, 0.3) is 5.91 Å². The lowest BCUT2D eigenvalue weighted by Crippen LogP contribution is -2.18. The van der Waals surface area contributed by atoms with E-state index in [4.69, 9.17) is 25.8 Å². The summed E-state index contributed by atoms with van der Waals surface area (Å²) in [5.41, 5.74) is 4.45. The van der Waals surface area contributed by atoms with E-state index in [1.54, 1.807) is 24.3 Å². The molecule has 33 heavy (non-hydrogen) atoms. The zero-order chi connectivity index (χ0) is 23.8. The molecule has 9 heteroatoms. The van der Waals surface area contributed by atoms with E-state index in [-0.39, 0.29) is 6.61 Å². The fraction of sp³-hybridized carbons (Fsp3) is 0.167. The van der Waals surface area contributed by atoms with E-state index >= 15 is 0 Å². The highest BCUT2D eigenvalue weighted by Gasteiger charge is 2.14. The highest BCUT2D eigenvalue weighted by molar-refractivity contribution is 9.10. The molecule has 0 spiro atoms. The van der Waals surface area contributed by atoms with Crippen molar-refractivity contribution in [1.82, 2.24) is 5.43 Å². The van der Waals surface area contributed by atoms with Crippen molar-refractivity contribution >= 4 is 55.6 Å². The molecule has 3 aromatic carbocycles.